The summed E-state index contributed by atoms with van der Waals surface area (Å²) in [5, 5.41) is 13.0. The molecule has 1 aromatic rings. The van der Waals surface area contributed by atoms with E-state index in [2.05, 4.69) is 5.32 Å². The lowest BCUT2D eigenvalue weighted by molar-refractivity contribution is -0.147. The fourth-order valence-corrected chi connectivity index (χ4v) is 1.98. The third-order valence-electron chi connectivity index (χ3n) is 2.20. The van der Waals surface area contributed by atoms with E-state index in [1.165, 1.54) is 11.3 Å². The summed E-state index contributed by atoms with van der Waals surface area (Å²) in [5.74, 6) is -0.770. The number of hydrogen-bond acceptors (Lipinski definition) is 3. The third kappa shape index (κ3) is 3.72. The van der Waals surface area contributed by atoms with Crippen molar-refractivity contribution in [2.75, 3.05) is 11.9 Å². The minimum absolute atomic E-state index is 0.581. The molecule has 2 N–H and O–H groups in total. The lowest BCUT2D eigenvalue weighted by atomic mass is 9.90. The summed E-state index contributed by atoms with van der Waals surface area (Å²) in [5.41, 5.74) is -0.686. The van der Waals surface area contributed by atoms with Crippen molar-refractivity contribution in [2.45, 2.75) is 20.3 Å². The van der Waals surface area contributed by atoms with Gasteiger partial charge >= 0.3 is 5.97 Å². The van der Waals surface area contributed by atoms with E-state index >= 15 is 0 Å². The van der Waals surface area contributed by atoms with Crippen molar-refractivity contribution < 1.29 is 9.90 Å². The van der Waals surface area contributed by atoms with Crippen LogP contribution >= 0.6 is 22.9 Å². The quantitative estimate of drug-likeness (QED) is 0.839. The first-order valence-corrected chi connectivity index (χ1v) is 5.84. The molecule has 0 bridgehead atoms. The van der Waals surface area contributed by atoms with Crippen molar-refractivity contribution in [1.29, 1.82) is 0 Å². The normalized spacial score (nSPS) is 11.4. The molecular weight excluding hydrogens is 234 g/mol. The van der Waals surface area contributed by atoms with Crippen molar-refractivity contribution in [1.82, 2.24) is 0 Å². The monoisotopic (exact) mass is 247 g/mol. The number of halogens is 1. The van der Waals surface area contributed by atoms with Gasteiger partial charge in [-0.2, -0.15) is 0 Å². The number of carbonyl (C=O) groups is 1. The van der Waals surface area contributed by atoms with Crippen LogP contribution in [-0.2, 0) is 4.79 Å². The van der Waals surface area contributed by atoms with E-state index in [1.807, 2.05) is 12.1 Å². The van der Waals surface area contributed by atoms with Crippen LogP contribution < -0.4 is 5.32 Å². The topological polar surface area (TPSA) is 49.3 Å². The highest BCUT2D eigenvalue weighted by Gasteiger charge is 2.26. The van der Waals surface area contributed by atoms with Crippen molar-refractivity contribution >= 4 is 33.9 Å². The molecule has 1 heterocycles. The van der Waals surface area contributed by atoms with Crippen LogP contribution in [0.3, 0.4) is 0 Å². The van der Waals surface area contributed by atoms with Crippen LogP contribution in [0.4, 0.5) is 5.00 Å². The number of aliphatic carboxylic acids is 1. The van der Waals surface area contributed by atoms with Crippen molar-refractivity contribution in [3.63, 3.8) is 0 Å². The Bertz CT molecular complexity index is 349. The Morgan fingerprint density at radius 1 is 1.60 bits per heavy atom. The molecule has 0 aliphatic rings. The number of anilines is 1. The molecule has 0 unspecified atom stereocenters. The van der Waals surface area contributed by atoms with Crippen LogP contribution in [0.15, 0.2) is 12.1 Å². The van der Waals surface area contributed by atoms with Crippen molar-refractivity contribution in [3.05, 3.63) is 16.5 Å². The largest absolute Gasteiger partial charge is 0.481 e. The fourth-order valence-electron chi connectivity index (χ4n) is 1.01. The second-order valence-corrected chi connectivity index (χ2v) is 5.68. The zero-order valence-electron chi connectivity index (χ0n) is 8.71. The molecule has 0 aliphatic heterocycles. The first kappa shape index (κ1) is 12.3. The number of thiophene rings is 1. The van der Waals surface area contributed by atoms with Gasteiger partial charge in [0.2, 0.25) is 0 Å². The Balaban J connectivity index is 2.36. The Labute approximate surface area is 98.1 Å². The minimum atomic E-state index is -0.770. The third-order valence-corrected chi connectivity index (χ3v) is 3.39. The Kier molecular flexibility index (Phi) is 3.99. The molecule has 1 rings (SSSR count). The maximum absolute atomic E-state index is 10.8. The lowest BCUT2D eigenvalue weighted by Crippen LogP contribution is -2.26. The summed E-state index contributed by atoms with van der Waals surface area (Å²) < 4.78 is 0.731. The molecule has 0 atom stereocenters. The van der Waals surface area contributed by atoms with Gasteiger partial charge in [-0.25, -0.2) is 0 Å². The van der Waals surface area contributed by atoms with Gasteiger partial charge in [-0.1, -0.05) is 11.6 Å². The van der Waals surface area contributed by atoms with Gasteiger partial charge in [0.25, 0.3) is 0 Å². The van der Waals surface area contributed by atoms with Gasteiger partial charge in [0.1, 0.15) is 0 Å². The van der Waals surface area contributed by atoms with Crippen LogP contribution in [0, 0.1) is 5.41 Å². The number of rotatable bonds is 5. The number of carboxylic acids is 1. The van der Waals surface area contributed by atoms with Gasteiger partial charge < -0.3 is 10.4 Å². The molecule has 0 fully saturated rings. The number of hydrogen-bond donors (Lipinski definition) is 2. The maximum Gasteiger partial charge on any atom is 0.309 e. The average molecular weight is 248 g/mol. The van der Waals surface area contributed by atoms with E-state index in [4.69, 9.17) is 16.7 Å². The van der Waals surface area contributed by atoms with Crippen LogP contribution in [0.2, 0.25) is 4.34 Å². The molecule has 1 aromatic heterocycles. The molecule has 15 heavy (non-hydrogen) atoms. The molecule has 0 saturated heterocycles. The molecule has 0 spiro atoms. The minimum Gasteiger partial charge on any atom is -0.481 e. The zero-order valence-corrected chi connectivity index (χ0v) is 10.3. The smallest absolute Gasteiger partial charge is 0.309 e. The second-order valence-electron chi connectivity index (χ2n) is 3.97. The van der Waals surface area contributed by atoms with Gasteiger partial charge in [-0.15, -0.1) is 11.3 Å². The van der Waals surface area contributed by atoms with Crippen LogP contribution in [0.5, 0.6) is 0 Å². The maximum atomic E-state index is 10.8. The summed E-state index contributed by atoms with van der Waals surface area (Å²) >= 11 is 7.22. The fraction of sp³-hybridized carbons (Fsp3) is 0.500. The predicted molar refractivity (Wildman–Crippen MR) is 63.9 cm³/mol. The highest BCUT2D eigenvalue weighted by atomic mass is 35.5. The molecule has 0 radical (unpaired) electrons. The van der Waals surface area contributed by atoms with E-state index in [-0.39, 0.29) is 0 Å². The van der Waals surface area contributed by atoms with Gasteiger partial charge in [-0.3, -0.25) is 4.79 Å². The van der Waals surface area contributed by atoms with Crippen molar-refractivity contribution in [2.24, 2.45) is 5.41 Å². The molecule has 0 aromatic carbocycles. The van der Waals surface area contributed by atoms with E-state index < -0.39 is 11.4 Å². The Morgan fingerprint density at radius 2 is 2.27 bits per heavy atom. The summed E-state index contributed by atoms with van der Waals surface area (Å²) in [7, 11) is 0. The van der Waals surface area contributed by atoms with E-state index in [0.717, 1.165) is 9.34 Å². The molecule has 3 nitrogen and oxygen atoms in total. The highest BCUT2D eigenvalue weighted by molar-refractivity contribution is 7.19. The van der Waals surface area contributed by atoms with E-state index in [0.29, 0.717) is 13.0 Å². The Hall–Kier alpha value is -0.740. The van der Waals surface area contributed by atoms with Crippen molar-refractivity contribution in [3.8, 4) is 0 Å². The average Bonchev–Trinajstić information content (AvgIpc) is 2.51. The first-order valence-electron chi connectivity index (χ1n) is 4.64. The molecule has 5 heteroatoms. The lowest BCUT2D eigenvalue weighted by Gasteiger charge is -2.18. The molecule has 0 aliphatic carbocycles. The van der Waals surface area contributed by atoms with Crippen LogP contribution in [-0.4, -0.2) is 17.6 Å². The molecule has 84 valence electrons. The summed E-state index contributed by atoms with van der Waals surface area (Å²) in [6.45, 7) is 4.08. The van der Waals surface area contributed by atoms with Gasteiger partial charge in [0.15, 0.2) is 0 Å². The zero-order chi connectivity index (χ0) is 11.5. The molecule has 0 amide bonds. The summed E-state index contributed by atoms with van der Waals surface area (Å²) in [6, 6.07) is 3.71. The molecular formula is C10H14ClNO2S. The van der Waals surface area contributed by atoms with Crippen LogP contribution in [0.1, 0.15) is 20.3 Å². The summed E-state index contributed by atoms with van der Waals surface area (Å²) in [4.78, 5) is 10.8. The standard InChI is InChI=1S/C10H14ClNO2S/c1-10(2,9(13)14)5-6-12-8-4-3-7(11)15-8/h3-4,12H,5-6H2,1-2H3,(H,13,14). The van der Waals surface area contributed by atoms with Gasteiger partial charge in [0.05, 0.1) is 14.8 Å². The number of carboxylic acid groups (broad SMARTS) is 1. The van der Waals surface area contributed by atoms with Gasteiger partial charge in [-0.05, 0) is 32.4 Å². The SMILES string of the molecule is CC(C)(CCNc1ccc(Cl)s1)C(=O)O. The summed E-state index contributed by atoms with van der Waals surface area (Å²) in [6.07, 6.45) is 0.581. The van der Waals surface area contributed by atoms with Crippen LogP contribution in [0.25, 0.3) is 0 Å². The highest BCUT2D eigenvalue weighted by Crippen LogP contribution is 2.27. The van der Waals surface area contributed by atoms with E-state index in [9.17, 15) is 4.79 Å². The first-order chi connectivity index (χ1) is 6.92. The van der Waals surface area contributed by atoms with E-state index in [1.54, 1.807) is 13.8 Å². The van der Waals surface area contributed by atoms with Gasteiger partial charge in [0, 0.05) is 6.54 Å². The predicted octanol–water partition coefficient (Wildman–Crippen LogP) is 3.31. The number of nitrogens with one attached hydrogen (secondary N) is 1. The Morgan fingerprint density at radius 3 is 2.73 bits per heavy atom. The second kappa shape index (κ2) is 4.86. The molecule has 0 saturated carbocycles.